The molecule has 0 aliphatic rings. The van der Waals surface area contributed by atoms with Gasteiger partial charge in [-0.15, -0.1) is 0 Å². The smallest absolute Gasteiger partial charge is 0.391 e. The minimum absolute atomic E-state index is 0.0775. The monoisotopic (exact) mass is 636 g/mol. The maximum Gasteiger partial charge on any atom is 0.472 e. The molecule has 1 unspecified atom stereocenters. The number of phosphoric ester groups is 1. The molecule has 0 aromatic carbocycles. The molecule has 0 spiro atoms. The zero-order valence-corrected chi connectivity index (χ0v) is 29.9. The summed E-state index contributed by atoms with van der Waals surface area (Å²) in [4.78, 5) is 22.8. The Morgan fingerprint density at radius 1 is 0.698 bits per heavy atom. The number of carbonyl (C=O) groups is 1. The van der Waals surface area contributed by atoms with Gasteiger partial charge in [-0.2, -0.15) is 0 Å². The number of phosphoric acid groups is 1. The van der Waals surface area contributed by atoms with Crippen LogP contribution in [0.15, 0.2) is 0 Å². The van der Waals surface area contributed by atoms with Crippen molar-refractivity contribution in [2.24, 2.45) is 0 Å². The lowest BCUT2D eigenvalue weighted by Crippen LogP contribution is -2.46. The van der Waals surface area contributed by atoms with E-state index < -0.39 is 20.0 Å². The SMILES string of the molecule is CCCCCCCCCCCCCCCC[C@H](O)[C@@H](COP(=O)(O)OCC[N+](C)(C)C)NC(=O)CCCCCCCCC. The standard InChI is InChI=1S/C34H71N2O6P/c1-6-8-10-12-14-15-16-17-18-19-20-22-23-25-27-33(37)32(31-42-43(39,40)41-30-29-36(3,4)5)35-34(38)28-26-24-21-13-11-9-7-2/h32-33,37H,6-31H2,1-5H3,(H-,35,38,39,40)/p+1/t32-,33+/m1/s1. The lowest BCUT2D eigenvalue weighted by molar-refractivity contribution is -0.870. The van der Waals surface area contributed by atoms with Crippen LogP contribution in [0.3, 0.4) is 0 Å². The van der Waals surface area contributed by atoms with Crippen molar-refractivity contribution >= 4 is 13.7 Å². The van der Waals surface area contributed by atoms with Crippen molar-refractivity contribution in [2.75, 3.05) is 40.9 Å². The molecule has 1 amide bonds. The third-order valence-electron chi connectivity index (χ3n) is 8.11. The van der Waals surface area contributed by atoms with Gasteiger partial charge >= 0.3 is 7.82 Å². The molecule has 0 radical (unpaired) electrons. The van der Waals surface area contributed by atoms with Crippen molar-refractivity contribution in [3.8, 4) is 0 Å². The van der Waals surface area contributed by atoms with Gasteiger partial charge in [-0.05, 0) is 12.8 Å². The second kappa shape index (κ2) is 27.8. The van der Waals surface area contributed by atoms with Crippen LogP contribution in [0.5, 0.6) is 0 Å². The van der Waals surface area contributed by atoms with Crippen LogP contribution in [0, 0.1) is 0 Å². The van der Waals surface area contributed by atoms with Gasteiger partial charge in [0.1, 0.15) is 13.2 Å². The molecule has 0 aromatic heterocycles. The molecule has 258 valence electrons. The van der Waals surface area contributed by atoms with Crippen molar-refractivity contribution < 1.29 is 32.9 Å². The van der Waals surface area contributed by atoms with E-state index >= 15 is 0 Å². The van der Waals surface area contributed by atoms with E-state index in [0.29, 0.717) is 23.9 Å². The Balaban J connectivity index is 4.43. The van der Waals surface area contributed by atoms with Crippen molar-refractivity contribution in [3.05, 3.63) is 0 Å². The van der Waals surface area contributed by atoms with Crippen LogP contribution < -0.4 is 5.32 Å². The number of hydrogen-bond acceptors (Lipinski definition) is 5. The number of aliphatic hydroxyl groups excluding tert-OH is 1. The first-order valence-corrected chi connectivity index (χ1v) is 19.4. The third kappa shape index (κ3) is 29.9. The van der Waals surface area contributed by atoms with Gasteiger partial charge in [-0.25, -0.2) is 4.57 Å². The number of rotatable bonds is 32. The molecule has 0 aliphatic carbocycles. The maximum atomic E-state index is 12.7. The summed E-state index contributed by atoms with van der Waals surface area (Å²) in [5.74, 6) is -0.152. The van der Waals surface area contributed by atoms with Gasteiger partial charge in [0.2, 0.25) is 5.91 Å². The number of nitrogens with one attached hydrogen (secondary N) is 1. The van der Waals surface area contributed by atoms with E-state index in [-0.39, 0.29) is 19.1 Å². The normalized spacial score (nSPS) is 14.9. The molecule has 0 heterocycles. The van der Waals surface area contributed by atoms with Gasteiger partial charge in [0, 0.05) is 6.42 Å². The molecule has 43 heavy (non-hydrogen) atoms. The van der Waals surface area contributed by atoms with Gasteiger partial charge in [0.15, 0.2) is 0 Å². The highest BCUT2D eigenvalue weighted by Crippen LogP contribution is 2.43. The second-order valence-electron chi connectivity index (χ2n) is 13.6. The number of quaternary nitrogens is 1. The fraction of sp³-hybridized carbons (Fsp3) is 0.971. The molecule has 3 atom stereocenters. The van der Waals surface area contributed by atoms with Gasteiger partial charge in [0.25, 0.3) is 0 Å². The molecule has 0 saturated heterocycles. The van der Waals surface area contributed by atoms with Crippen molar-refractivity contribution in [1.29, 1.82) is 0 Å². The van der Waals surface area contributed by atoms with E-state index in [4.69, 9.17) is 9.05 Å². The molecule has 3 N–H and O–H groups in total. The summed E-state index contributed by atoms with van der Waals surface area (Å²) >= 11 is 0. The first-order chi connectivity index (χ1) is 20.5. The third-order valence-corrected chi connectivity index (χ3v) is 9.09. The lowest BCUT2D eigenvalue weighted by atomic mass is 10.0. The van der Waals surface area contributed by atoms with E-state index in [0.717, 1.165) is 38.5 Å². The average molecular weight is 636 g/mol. The zero-order valence-electron chi connectivity index (χ0n) is 29.0. The van der Waals surface area contributed by atoms with E-state index in [1.165, 1.54) is 96.3 Å². The van der Waals surface area contributed by atoms with Crippen LogP contribution in [-0.4, -0.2) is 73.4 Å². The van der Waals surface area contributed by atoms with E-state index in [1.54, 1.807) is 0 Å². The van der Waals surface area contributed by atoms with Crippen molar-refractivity contribution in [2.45, 2.75) is 174 Å². The number of carbonyl (C=O) groups excluding carboxylic acids is 1. The molecular formula is C34H72N2O6P+. The van der Waals surface area contributed by atoms with Crippen LogP contribution >= 0.6 is 7.82 Å². The minimum Gasteiger partial charge on any atom is -0.391 e. The number of amides is 1. The van der Waals surface area contributed by atoms with Crippen molar-refractivity contribution in [3.63, 3.8) is 0 Å². The first-order valence-electron chi connectivity index (χ1n) is 17.9. The highest BCUT2D eigenvalue weighted by atomic mass is 31.2. The van der Waals surface area contributed by atoms with E-state index in [1.807, 2.05) is 21.1 Å². The minimum atomic E-state index is -4.29. The Labute approximate surface area is 266 Å². The molecular weight excluding hydrogens is 563 g/mol. The number of aliphatic hydroxyl groups is 1. The Hall–Kier alpha value is -0.500. The molecule has 0 saturated carbocycles. The summed E-state index contributed by atoms with van der Waals surface area (Å²) in [5, 5.41) is 13.8. The summed E-state index contributed by atoms with van der Waals surface area (Å²) < 4.78 is 23.4. The molecule has 8 nitrogen and oxygen atoms in total. The highest BCUT2D eigenvalue weighted by Gasteiger charge is 2.28. The van der Waals surface area contributed by atoms with Crippen LogP contribution in [-0.2, 0) is 18.4 Å². The second-order valence-corrected chi connectivity index (χ2v) is 15.1. The predicted octanol–water partition coefficient (Wildman–Crippen LogP) is 8.68. The Bertz CT molecular complexity index is 688. The summed E-state index contributed by atoms with van der Waals surface area (Å²) in [6.07, 6.45) is 25.6. The van der Waals surface area contributed by atoms with Crippen LogP contribution in [0.25, 0.3) is 0 Å². The summed E-state index contributed by atoms with van der Waals surface area (Å²) in [6, 6.07) is -0.749. The molecule has 0 bridgehead atoms. The molecule has 0 aliphatic heterocycles. The number of likely N-dealkylation sites (N-methyl/N-ethyl adjacent to an activating group) is 1. The molecule has 9 heteroatoms. The number of nitrogens with zero attached hydrogens (tertiary/aromatic N) is 1. The van der Waals surface area contributed by atoms with E-state index in [9.17, 15) is 19.4 Å². The zero-order chi connectivity index (χ0) is 32.2. The summed E-state index contributed by atoms with van der Waals surface area (Å²) in [7, 11) is 1.62. The topological polar surface area (TPSA) is 105 Å². The fourth-order valence-electron chi connectivity index (χ4n) is 5.16. The molecule has 0 fully saturated rings. The van der Waals surface area contributed by atoms with Crippen LogP contribution in [0.2, 0.25) is 0 Å². The number of unbranched alkanes of at least 4 members (excludes halogenated alkanes) is 19. The molecule has 0 rings (SSSR count). The highest BCUT2D eigenvalue weighted by molar-refractivity contribution is 7.47. The quantitative estimate of drug-likeness (QED) is 0.0388. The van der Waals surface area contributed by atoms with Crippen LogP contribution in [0.1, 0.15) is 162 Å². The number of hydrogen-bond donors (Lipinski definition) is 3. The Kier molecular flexibility index (Phi) is 27.5. The van der Waals surface area contributed by atoms with Gasteiger partial charge < -0.3 is 19.8 Å². The maximum absolute atomic E-state index is 12.7. The van der Waals surface area contributed by atoms with Gasteiger partial charge in [0.05, 0.1) is 39.9 Å². The van der Waals surface area contributed by atoms with E-state index in [2.05, 4.69) is 19.2 Å². The lowest BCUT2D eigenvalue weighted by Gasteiger charge is -2.26. The predicted molar refractivity (Wildman–Crippen MR) is 180 cm³/mol. The fourth-order valence-corrected chi connectivity index (χ4v) is 5.90. The average Bonchev–Trinajstić information content (AvgIpc) is 2.94. The summed E-state index contributed by atoms with van der Waals surface area (Å²) in [5.41, 5.74) is 0. The van der Waals surface area contributed by atoms with Gasteiger partial charge in [-0.3, -0.25) is 13.8 Å². The van der Waals surface area contributed by atoms with Crippen LogP contribution in [0.4, 0.5) is 0 Å². The largest absolute Gasteiger partial charge is 0.472 e. The molecule has 0 aromatic rings. The van der Waals surface area contributed by atoms with Gasteiger partial charge in [-0.1, -0.05) is 142 Å². The Morgan fingerprint density at radius 2 is 1.12 bits per heavy atom. The Morgan fingerprint density at radius 3 is 1.56 bits per heavy atom. The first kappa shape index (κ1) is 42.5. The van der Waals surface area contributed by atoms with Crippen molar-refractivity contribution in [1.82, 2.24) is 5.32 Å². The summed E-state index contributed by atoms with van der Waals surface area (Å²) in [6.45, 7) is 4.82.